The van der Waals surface area contributed by atoms with E-state index in [9.17, 15) is 35.1 Å². The molecule has 11 nitrogen and oxygen atoms in total. The Morgan fingerprint density at radius 3 is 1.57 bits per heavy atom. The predicted octanol–water partition coefficient (Wildman–Crippen LogP) is 11.6. The molecule has 69 heavy (non-hydrogen) atoms. The van der Waals surface area contributed by atoms with Gasteiger partial charge >= 0.3 is 5.97 Å². The van der Waals surface area contributed by atoms with E-state index >= 15 is 0 Å². The number of carbonyl (C=O) groups is 2. The highest BCUT2D eigenvalue weighted by atomic mass is 16.7. The Hall–Kier alpha value is -3.42. The highest BCUT2D eigenvalue weighted by molar-refractivity contribution is 5.80. The normalized spacial score (nSPS) is 20.6. The Morgan fingerprint density at radius 1 is 0.580 bits per heavy atom. The molecule has 0 aromatic heterocycles. The van der Waals surface area contributed by atoms with E-state index < -0.39 is 67.4 Å². The summed E-state index contributed by atoms with van der Waals surface area (Å²) in [5, 5.41) is 56.5. The molecular formula is C58H97NO10. The minimum Gasteiger partial charge on any atom is -0.454 e. The molecule has 1 aliphatic rings. The second kappa shape index (κ2) is 45.7. The van der Waals surface area contributed by atoms with Crippen LogP contribution in [0.2, 0.25) is 0 Å². The molecule has 0 bridgehead atoms. The lowest BCUT2D eigenvalue weighted by Crippen LogP contribution is -2.61. The topological polar surface area (TPSA) is 175 Å². The molecular weight excluding hydrogens is 871 g/mol. The lowest BCUT2D eigenvalue weighted by molar-refractivity contribution is -0.305. The summed E-state index contributed by atoms with van der Waals surface area (Å²) in [5.74, 6) is -1.34. The van der Waals surface area contributed by atoms with Gasteiger partial charge < -0.3 is 45.1 Å². The molecule has 8 unspecified atom stereocenters. The van der Waals surface area contributed by atoms with Crippen LogP contribution in [0.1, 0.15) is 194 Å². The number of rotatable bonds is 43. The van der Waals surface area contributed by atoms with Crippen LogP contribution in [0.15, 0.2) is 97.2 Å². The van der Waals surface area contributed by atoms with Crippen LogP contribution in [-0.2, 0) is 23.8 Å². The molecule has 1 rings (SSSR count). The summed E-state index contributed by atoms with van der Waals surface area (Å²) in [6, 6.07) is -1.07. The number of unbranched alkanes of at least 4 members (excludes halogenated alkanes) is 15. The zero-order valence-electron chi connectivity index (χ0n) is 43.1. The molecule has 1 saturated heterocycles. The first-order valence-electron chi connectivity index (χ1n) is 27.0. The van der Waals surface area contributed by atoms with Crippen LogP contribution in [0.4, 0.5) is 0 Å². The van der Waals surface area contributed by atoms with Crippen molar-refractivity contribution in [3.05, 3.63) is 97.2 Å². The number of aliphatic hydroxyl groups is 5. The van der Waals surface area contributed by atoms with Crippen molar-refractivity contribution in [2.24, 2.45) is 0 Å². The molecule has 0 radical (unpaired) electrons. The molecule has 0 spiro atoms. The largest absolute Gasteiger partial charge is 0.454 e. The van der Waals surface area contributed by atoms with Gasteiger partial charge in [-0.1, -0.05) is 201 Å². The molecule has 8 atom stereocenters. The van der Waals surface area contributed by atoms with Crippen LogP contribution >= 0.6 is 0 Å². The molecule has 1 amide bonds. The van der Waals surface area contributed by atoms with Gasteiger partial charge in [-0.25, -0.2) is 0 Å². The zero-order chi connectivity index (χ0) is 50.4. The van der Waals surface area contributed by atoms with Gasteiger partial charge in [-0.2, -0.15) is 0 Å². The number of aliphatic hydroxyl groups excluding tert-OH is 5. The van der Waals surface area contributed by atoms with Crippen LogP contribution < -0.4 is 5.32 Å². The smallest absolute Gasteiger partial charge is 0.306 e. The molecule has 0 saturated carbocycles. The number of amides is 1. The van der Waals surface area contributed by atoms with Crippen molar-refractivity contribution in [3.8, 4) is 0 Å². The first-order chi connectivity index (χ1) is 33.7. The van der Waals surface area contributed by atoms with E-state index in [0.717, 1.165) is 70.6 Å². The summed E-state index contributed by atoms with van der Waals surface area (Å²) >= 11 is 0. The minimum absolute atomic E-state index is 0.00605. The Morgan fingerprint density at radius 2 is 1.04 bits per heavy atom. The van der Waals surface area contributed by atoms with E-state index in [1.165, 1.54) is 77.0 Å². The molecule has 0 aromatic carbocycles. The molecule has 394 valence electrons. The maximum atomic E-state index is 13.3. The van der Waals surface area contributed by atoms with Gasteiger partial charge in [0, 0.05) is 6.42 Å². The third-order valence-electron chi connectivity index (χ3n) is 12.0. The van der Waals surface area contributed by atoms with Crippen molar-refractivity contribution in [3.63, 3.8) is 0 Å². The molecule has 1 fully saturated rings. The van der Waals surface area contributed by atoms with Crippen LogP contribution in [-0.4, -0.2) is 99.6 Å². The number of nitrogens with one attached hydrogen (secondary N) is 1. The van der Waals surface area contributed by atoms with Gasteiger partial charge in [0.25, 0.3) is 0 Å². The fourth-order valence-corrected chi connectivity index (χ4v) is 7.68. The first-order valence-corrected chi connectivity index (χ1v) is 27.0. The Bertz CT molecular complexity index is 1480. The van der Waals surface area contributed by atoms with Crippen molar-refractivity contribution in [1.82, 2.24) is 5.32 Å². The summed E-state index contributed by atoms with van der Waals surface area (Å²) in [6.45, 7) is 5.55. The van der Waals surface area contributed by atoms with E-state index in [1.54, 1.807) is 6.08 Å². The number of hydrogen-bond donors (Lipinski definition) is 6. The van der Waals surface area contributed by atoms with E-state index in [1.807, 2.05) is 30.4 Å². The highest BCUT2D eigenvalue weighted by Crippen LogP contribution is 2.26. The van der Waals surface area contributed by atoms with Crippen LogP contribution in [0, 0.1) is 0 Å². The number of ether oxygens (including phenoxy) is 3. The molecule has 11 heteroatoms. The lowest BCUT2D eigenvalue weighted by atomic mass is 9.99. The van der Waals surface area contributed by atoms with Gasteiger partial charge in [-0.3, -0.25) is 9.59 Å². The summed E-state index contributed by atoms with van der Waals surface area (Å²) < 4.78 is 17.4. The molecule has 1 aliphatic heterocycles. The Kier molecular flexibility index (Phi) is 42.1. The van der Waals surface area contributed by atoms with Gasteiger partial charge in [-0.05, 0) is 83.5 Å². The second-order valence-corrected chi connectivity index (χ2v) is 18.2. The first kappa shape index (κ1) is 63.6. The SMILES string of the molecule is CC/C=C\C/C=C\C/C=C\C/C=C\C/C=C\CCC(O)C(=O)NC(COC1OC(CO)C(O)C(O)C1OC(=O)CC/C=C/C/C=C\CCCCCCCC)C(O)/C=C/CCCCCCCCCCC. The van der Waals surface area contributed by atoms with Crippen LogP contribution in [0.3, 0.4) is 0 Å². The van der Waals surface area contributed by atoms with Crippen LogP contribution in [0.5, 0.6) is 0 Å². The summed E-state index contributed by atoms with van der Waals surface area (Å²) in [4.78, 5) is 26.3. The maximum absolute atomic E-state index is 13.3. The average Bonchev–Trinajstić information content (AvgIpc) is 3.34. The van der Waals surface area contributed by atoms with Gasteiger partial charge in [-0.15, -0.1) is 0 Å². The molecule has 6 N–H and O–H groups in total. The number of hydrogen-bond acceptors (Lipinski definition) is 10. The van der Waals surface area contributed by atoms with Crippen molar-refractivity contribution in [1.29, 1.82) is 0 Å². The number of allylic oxidation sites excluding steroid dienone is 15. The predicted molar refractivity (Wildman–Crippen MR) is 282 cm³/mol. The second-order valence-electron chi connectivity index (χ2n) is 18.2. The quantitative estimate of drug-likeness (QED) is 0.0196. The minimum atomic E-state index is -1.65. The van der Waals surface area contributed by atoms with E-state index in [4.69, 9.17) is 14.2 Å². The van der Waals surface area contributed by atoms with Gasteiger partial charge in [0.15, 0.2) is 12.4 Å². The fraction of sp³-hybridized carbons (Fsp3) is 0.690. The van der Waals surface area contributed by atoms with Crippen molar-refractivity contribution < 1.29 is 49.3 Å². The fourth-order valence-electron chi connectivity index (χ4n) is 7.68. The highest BCUT2D eigenvalue weighted by Gasteiger charge is 2.47. The van der Waals surface area contributed by atoms with E-state index in [2.05, 4.69) is 86.8 Å². The number of esters is 1. The maximum Gasteiger partial charge on any atom is 0.306 e. The molecule has 1 heterocycles. The molecule has 0 aromatic rings. The third kappa shape index (κ3) is 34.5. The standard InChI is InChI=1S/C58H97NO10/c1-4-7-10-13-16-19-22-24-25-26-28-30-33-36-39-42-45-51(62)57(66)59-49(50(61)44-41-38-35-32-29-21-18-15-12-9-6-3)48-67-58-56(55(65)54(64)52(47-60)68-58)69-53(63)46-43-40-37-34-31-27-23-20-17-14-11-8-5-2/h7,10,16,19,24-25,27-28,30-31,36-37,39-41,44,49-52,54-56,58,60-62,64-65H,4-6,8-9,11-15,17-18,20-23,26,29,32-35,38,42-43,45-48H2,1-3H3,(H,59,66)/b10-7-,19-16-,25-24-,30-28-,31-27-,39-36-,40-37+,44-41+. The Labute approximate surface area is 418 Å². The van der Waals surface area contributed by atoms with Crippen molar-refractivity contribution >= 4 is 11.9 Å². The van der Waals surface area contributed by atoms with Crippen molar-refractivity contribution in [2.75, 3.05) is 13.2 Å². The summed E-state index contributed by atoms with van der Waals surface area (Å²) in [5.41, 5.74) is 0. The Balaban J connectivity index is 2.84. The average molecular weight is 968 g/mol. The monoisotopic (exact) mass is 968 g/mol. The van der Waals surface area contributed by atoms with E-state index in [0.29, 0.717) is 12.8 Å². The van der Waals surface area contributed by atoms with Gasteiger partial charge in [0.05, 0.1) is 25.4 Å². The van der Waals surface area contributed by atoms with Gasteiger partial charge in [0.1, 0.15) is 24.4 Å². The lowest BCUT2D eigenvalue weighted by Gasteiger charge is -2.41. The van der Waals surface area contributed by atoms with Crippen molar-refractivity contribution in [2.45, 2.75) is 243 Å². The third-order valence-corrected chi connectivity index (χ3v) is 12.0. The van der Waals surface area contributed by atoms with Gasteiger partial charge in [0.2, 0.25) is 5.91 Å². The number of carbonyl (C=O) groups excluding carboxylic acids is 2. The van der Waals surface area contributed by atoms with E-state index in [-0.39, 0.29) is 19.4 Å². The summed E-state index contributed by atoms with van der Waals surface area (Å²) in [6.07, 6.45) is 49.1. The zero-order valence-corrected chi connectivity index (χ0v) is 43.1. The summed E-state index contributed by atoms with van der Waals surface area (Å²) in [7, 11) is 0. The van der Waals surface area contributed by atoms with Crippen LogP contribution in [0.25, 0.3) is 0 Å². The molecule has 0 aliphatic carbocycles.